The van der Waals surface area contributed by atoms with Gasteiger partial charge in [-0.05, 0) is 26.3 Å². The molecule has 1 amide bonds. The van der Waals surface area contributed by atoms with E-state index in [-0.39, 0.29) is 11.7 Å². The van der Waals surface area contributed by atoms with Crippen LogP contribution in [0.3, 0.4) is 0 Å². The highest BCUT2D eigenvalue weighted by atomic mass is 32.2. The number of rotatable bonds is 6. The van der Waals surface area contributed by atoms with E-state index in [1.54, 1.807) is 26.2 Å². The number of hydrogen-bond donors (Lipinski definition) is 1. The van der Waals surface area contributed by atoms with Gasteiger partial charge in [0.25, 0.3) is 0 Å². The lowest BCUT2D eigenvalue weighted by Gasteiger charge is -2.01. The molecule has 0 atom stereocenters. The van der Waals surface area contributed by atoms with Crippen LogP contribution < -0.4 is 5.32 Å². The fraction of sp³-hybridized carbons (Fsp3) is 0.357. The molecule has 2 heterocycles. The third-order valence-corrected chi connectivity index (χ3v) is 4.52. The van der Waals surface area contributed by atoms with Gasteiger partial charge in [0, 0.05) is 12.4 Å². The molecule has 0 fully saturated rings. The Hall–Kier alpha value is -2.00. The quantitative estimate of drug-likeness (QED) is 0.485. The van der Waals surface area contributed by atoms with E-state index >= 15 is 0 Å². The molecule has 0 saturated carbocycles. The number of nitrogens with one attached hydrogen (secondary N) is 1. The molecule has 0 aliphatic rings. The number of amides is 1. The lowest BCUT2D eigenvalue weighted by molar-refractivity contribution is -0.113. The molecule has 0 unspecified atom stereocenters. The number of aromatic nitrogens is 3. The maximum Gasteiger partial charge on any atom is 0.350 e. The van der Waals surface area contributed by atoms with E-state index in [1.165, 1.54) is 11.8 Å². The predicted octanol–water partition coefficient (Wildman–Crippen LogP) is 2.46. The Bertz CT molecular complexity index is 701. The minimum Gasteiger partial charge on any atom is -0.462 e. The molecule has 2 rings (SSSR count). The van der Waals surface area contributed by atoms with Gasteiger partial charge in [-0.15, -0.1) is 0 Å². The summed E-state index contributed by atoms with van der Waals surface area (Å²) in [6.07, 6.45) is 3.39. The maximum atomic E-state index is 11.9. The summed E-state index contributed by atoms with van der Waals surface area (Å²) in [5, 5.41) is 3.58. The minimum atomic E-state index is -0.426. The summed E-state index contributed by atoms with van der Waals surface area (Å²) in [4.78, 5) is 36.4. The van der Waals surface area contributed by atoms with Crippen LogP contribution in [0.25, 0.3) is 0 Å². The highest BCUT2D eigenvalue weighted by Gasteiger charge is 2.17. The van der Waals surface area contributed by atoms with E-state index in [4.69, 9.17) is 4.74 Å². The average molecular weight is 352 g/mol. The standard InChI is InChI=1S/C14H16N4O3S2/c1-4-21-12(20)11-9(3)17-14(23-11)18-10(19)7-22-13-15-5-8(2)6-16-13/h5-6H,4,7H2,1-3H3,(H,17,18,19). The zero-order chi connectivity index (χ0) is 16.8. The molecule has 0 spiro atoms. The van der Waals surface area contributed by atoms with Crippen LogP contribution in [-0.4, -0.2) is 39.2 Å². The van der Waals surface area contributed by atoms with Crippen molar-refractivity contribution in [1.82, 2.24) is 15.0 Å². The van der Waals surface area contributed by atoms with Crippen LogP contribution in [0.15, 0.2) is 17.6 Å². The molecule has 0 radical (unpaired) electrons. The molecule has 0 bridgehead atoms. The van der Waals surface area contributed by atoms with E-state index in [0.29, 0.717) is 27.5 Å². The van der Waals surface area contributed by atoms with Crippen molar-refractivity contribution in [3.8, 4) is 0 Å². The van der Waals surface area contributed by atoms with Gasteiger partial charge in [-0.25, -0.2) is 19.7 Å². The van der Waals surface area contributed by atoms with Gasteiger partial charge in [-0.2, -0.15) is 0 Å². The number of nitrogens with zero attached hydrogens (tertiary/aromatic N) is 3. The Morgan fingerprint density at radius 3 is 2.65 bits per heavy atom. The van der Waals surface area contributed by atoms with Crippen molar-refractivity contribution in [2.24, 2.45) is 0 Å². The molecule has 1 N–H and O–H groups in total. The monoisotopic (exact) mass is 352 g/mol. The number of carbonyl (C=O) groups is 2. The number of thiazole rings is 1. The molecule has 0 aliphatic heterocycles. The van der Waals surface area contributed by atoms with E-state index in [2.05, 4.69) is 20.3 Å². The molecule has 0 aromatic carbocycles. The van der Waals surface area contributed by atoms with Crippen molar-refractivity contribution >= 4 is 40.1 Å². The highest BCUT2D eigenvalue weighted by molar-refractivity contribution is 7.99. The molecule has 2 aromatic heterocycles. The first-order chi connectivity index (χ1) is 11.0. The predicted molar refractivity (Wildman–Crippen MR) is 88.9 cm³/mol. The maximum absolute atomic E-state index is 11.9. The molecular weight excluding hydrogens is 336 g/mol. The molecule has 2 aromatic rings. The first kappa shape index (κ1) is 17.4. The summed E-state index contributed by atoms with van der Waals surface area (Å²) >= 11 is 2.33. The second-order valence-corrected chi connectivity index (χ2v) is 6.48. The SMILES string of the molecule is CCOC(=O)c1sc(NC(=O)CSc2ncc(C)cn2)nc1C. The number of carbonyl (C=O) groups excluding carboxylic acids is 2. The number of thioether (sulfide) groups is 1. The zero-order valence-electron chi connectivity index (χ0n) is 13.0. The molecule has 23 heavy (non-hydrogen) atoms. The van der Waals surface area contributed by atoms with Gasteiger partial charge in [0.05, 0.1) is 18.1 Å². The summed E-state index contributed by atoms with van der Waals surface area (Å²) in [5.41, 5.74) is 1.50. The number of aryl methyl sites for hydroxylation is 2. The van der Waals surface area contributed by atoms with E-state index < -0.39 is 5.97 Å². The lowest BCUT2D eigenvalue weighted by atomic mass is 10.4. The summed E-state index contributed by atoms with van der Waals surface area (Å²) < 4.78 is 4.94. The van der Waals surface area contributed by atoms with Gasteiger partial charge in [-0.1, -0.05) is 23.1 Å². The number of ether oxygens (including phenoxy) is 1. The number of esters is 1. The Morgan fingerprint density at radius 2 is 2.00 bits per heavy atom. The Morgan fingerprint density at radius 1 is 1.30 bits per heavy atom. The minimum absolute atomic E-state index is 0.163. The van der Waals surface area contributed by atoms with Crippen LogP contribution in [-0.2, 0) is 9.53 Å². The summed E-state index contributed by atoms with van der Waals surface area (Å²) in [5.74, 6) is -0.495. The topological polar surface area (TPSA) is 94.1 Å². The second kappa shape index (κ2) is 8.02. The van der Waals surface area contributed by atoms with Gasteiger partial charge in [0.2, 0.25) is 5.91 Å². The smallest absolute Gasteiger partial charge is 0.350 e. The Kier molecular flexibility index (Phi) is 6.05. The van der Waals surface area contributed by atoms with Crippen molar-refractivity contribution in [2.75, 3.05) is 17.7 Å². The first-order valence-corrected chi connectivity index (χ1v) is 8.65. The van der Waals surface area contributed by atoms with Crippen molar-refractivity contribution in [1.29, 1.82) is 0 Å². The summed E-state index contributed by atoms with van der Waals surface area (Å²) in [6, 6.07) is 0. The van der Waals surface area contributed by atoms with Gasteiger partial charge in [0.15, 0.2) is 10.3 Å². The molecule has 9 heteroatoms. The third kappa shape index (κ3) is 5.00. The van der Waals surface area contributed by atoms with E-state index in [9.17, 15) is 9.59 Å². The summed E-state index contributed by atoms with van der Waals surface area (Å²) in [7, 11) is 0. The second-order valence-electron chi connectivity index (χ2n) is 4.53. The van der Waals surface area contributed by atoms with E-state index in [1.807, 2.05) is 6.92 Å². The van der Waals surface area contributed by atoms with Gasteiger partial charge in [-0.3, -0.25) is 4.79 Å². The van der Waals surface area contributed by atoms with Crippen LogP contribution in [0.5, 0.6) is 0 Å². The highest BCUT2D eigenvalue weighted by Crippen LogP contribution is 2.23. The lowest BCUT2D eigenvalue weighted by Crippen LogP contribution is -2.14. The third-order valence-electron chi connectivity index (χ3n) is 2.59. The van der Waals surface area contributed by atoms with Crippen LogP contribution in [0.4, 0.5) is 5.13 Å². The normalized spacial score (nSPS) is 10.4. The molecular formula is C14H16N4O3S2. The number of anilines is 1. The molecule has 0 aliphatic carbocycles. The van der Waals surface area contributed by atoms with Crippen LogP contribution in [0, 0.1) is 13.8 Å². The number of hydrogen-bond acceptors (Lipinski definition) is 8. The van der Waals surface area contributed by atoms with Crippen molar-refractivity contribution in [3.63, 3.8) is 0 Å². The van der Waals surface area contributed by atoms with E-state index in [0.717, 1.165) is 16.9 Å². The fourth-order valence-electron chi connectivity index (χ4n) is 1.58. The summed E-state index contributed by atoms with van der Waals surface area (Å²) in [6.45, 7) is 5.63. The average Bonchev–Trinajstić information content (AvgIpc) is 2.87. The molecule has 7 nitrogen and oxygen atoms in total. The van der Waals surface area contributed by atoms with Gasteiger partial charge in [0.1, 0.15) is 4.88 Å². The Labute approximate surface area is 141 Å². The van der Waals surface area contributed by atoms with Crippen molar-refractivity contribution < 1.29 is 14.3 Å². The van der Waals surface area contributed by atoms with Gasteiger partial charge >= 0.3 is 5.97 Å². The largest absolute Gasteiger partial charge is 0.462 e. The molecule has 122 valence electrons. The fourth-order valence-corrected chi connectivity index (χ4v) is 3.04. The molecule has 0 saturated heterocycles. The van der Waals surface area contributed by atoms with Crippen LogP contribution >= 0.6 is 23.1 Å². The first-order valence-electron chi connectivity index (χ1n) is 6.85. The van der Waals surface area contributed by atoms with Crippen molar-refractivity contribution in [2.45, 2.75) is 25.9 Å². The van der Waals surface area contributed by atoms with Crippen LogP contribution in [0.1, 0.15) is 27.9 Å². The van der Waals surface area contributed by atoms with Crippen LogP contribution in [0.2, 0.25) is 0 Å². The Balaban J connectivity index is 1.91. The van der Waals surface area contributed by atoms with Gasteiger partial charge < -0.3 is 10.1 Å². The van der Waals surface area contributed by atoms with Crippen molar-refractivity contribution in [3.05, 3.63) is 28.5 Å². The zero-order valence-corrected chi connectivity index (χ0v) is 14.6.